The highest BCUT2D eigenvalue weighted by Crippen LogP contribution is 2.25. The summed E-state index contributed by atoms with van der Waals surface area (Å²) in [6.45, 7) is 5.33. The van der Waals surface area contributed by atoms with Gasteiger partial charge in [-0.3, -0.25) is 0 Å². The number of piperidine rings is 1. The zero-order chi connectivity index (χ0) is 10.1. The van der Waals surface area contributed by atoms with Crippen molar-refractivity contribution in [3.05, 3.63) is 11.6 Å². The monoisotopic (exact) mass is 194 g/mol. The van der Waals surface area contributed by atoms with Gasteiger partial charge in [-0.05, 0) is 33.2 Å². The summed E-state index contributed by atoms with van der Waals surface area (Å²) >= 11 is 0. The van der Waals surface area contributed by atoms with Crippen molar-refractivity contribution in [2.24, 2.45) is 7.05 Å². The van der Waals surface area contributed by atoms with Gasteiger partial charge in [0.1, 0.15) is 11.6 Å². The van der Waals surface area contributed by atoms with Crippen LogP contribution in [0, 0.1) is 6.92 Å². The SMILES string of the molecule is Cc1nnc(C2CCNC(C)C2)n1C. The Morgan fingerprint density at radius 3 is 2.79 bits per heavy atom. The van der Waals surface area contributed by atoms with Crippen LogP contribution < -0.4 is 5.32 Å². The molecule has 2 atom stereocenters. The zero-order valence-electron chi connectivity index (χ0n) is 9.12. The molecular formula is C10H18N4. The molecule has 1 aromatic rings. The maximum absolute atomic E-state index is 4.26. The summed E-state index contributed by atoms with van der Waals surface area (Å²) in [6.07, 6.45) is 2.35. The summed E-state index contributed by atoms with van der Waals surface area (Å²) in [4.78, 5) is 0. The molecule has 0 bridgehead atoms. The lowest BCUT2D eigenvalue weighted by Crippen LogP contribution is -2.35. The minimum absolute atomic E-state index is 0.581. The molecule has 1 fully saturated rings. The van der Waals surface area contributed by atoms with Crippen LogP contribution in [0.2, 0.25) is 0 Å². The molecule has 0 amide bonds. The van der Waals surface area contributed by atoms with E-state index < -0.39 is 0 Å². The Kier molecular flexibility index (Phi) is 2.54. The molecule has 1 aliphatic heterocycles. The number of hydrogen-bond acceptors (Lipinski definition) is 3. The van der Waals surface area contributed by atoms with Crippen LogP contribution in [-0.2, 0) is 7.05 Å². The van der Waals surface area contributed by atoms with Crippen LogP contribution in [0.1, 0.15) is 37.3 Å². The third-order valence-corrected chi connectivity index (χ3v) is 3.12. The first-order chi connectivity index (χ1) is 6.68. The fourth-order valence-corrected chi connectivity index (χ4v) is 2.15. The van der Waals surface area contributed by atoms with Crippen LogP contribution in [0.25, 0.3) is 0 Å². The lowest BCUT2D eigenvalue weighted by molar-refractivity contribution is 0.366. The second kappa shape index (κ2) is 3.69. The fraction of sp³-hybridized carbons (Fsp3) is 0.800. The molecule has 2 rings (SSSR count). The summed E-state index contributed by atoms with van der Waals surface area (Å²) in [5.74, 6) is 2.74. The Hall–Kier alpha value is -0.900. The average Bonchev–Trinajstić information content (AvgIpc) is 2.48. The van der Waals surface area contributed by atoms with E-state index >= 15 is 0 Å². The Bertz CT molecular complexity index is 318. The third kappa shape index (κ3) is 1.66. The summed E-state index contributed by atoms with van der Waals surface area (Å²) in [6, 6.07) is 0.603. The van der Waals surface area contributed by atoms with E-state index in [2.05, 4.69) is 34.1 Å². The molecule has 2 unspecified atom stereocenters. The number of hydrogen-bond donors (Lipinski definition) is 1. The van der Waals surface area contributed by atoms with Crippen LogP contribution in [0.3, 0.4) is 0 Å². The molecule has 0 aromatic carbocycles. The molecule has 0 radical (unpaired) electrons. The van der Waals surface area contributed by atoms with Gasteiger partial charge in [0.05, 0.1) is 0 Å². The smallest absolute Gasteiger partial charge is 0.135 e. The minimum Gasteiger partial charge on any atom is -0.318 e. The number of aryl methyl sites for hydroxylation is 1. The van der Waals surface area contributed by atoms with E-state index in [0.717, 1.165) is 18.2 Å². The van der Waals surface area contributed by atoms with Gasteiger partial charge in [0.2, 0.25) is 0 Å². The molecule has 78 valence electrons. The maximum atomic E-state index is 4.26. The molecule has 0 aliphatic carbocycles. The number of nitrogens with one attached hydrogen (secondary N) is 1. The molecule has 1 N–H and O–H groups in total. The van der Waals surface area contributed by atoms with Crippen LogP contribution in [0.4, 0.5) is 0 Å². The number of nitrogens with zero attached hydrogens (tertiary/aromatic N) is 3. The molecule has 4 heteroatoms. The van der Waals surface area contributed by atoms with E-state index in [1.807, 2.05) is 6.92 Å². The molecular weight excluding hydrogens is 176 g/mol. The highest BCUT2D eigenvalue weighted by molar-refractivity contribution is 5.02. The molecule has 14 heavy (non-hydrogen) atoms. The van der Waals surface area contributed by atoms with Gasteiger partial charge in [-0.25, -0.2) is 0 Å². The van der Waals surface area contributed by atoms with Gasteiger partial charge in [0.15, 0.2) is 0 Å². The van der Waals surface area contributed by atoms with E-state index in [1.54, 1.807) is 0 Å². The first-order valence-electron chi connectivity index (χ1n) is 5.27. The van der Waals surface area contributed by atoms with Gasteiger partial charge >= 0.3 is 0 Å². The highest BCUT2D eigenvalue weighted by Gasteiger charge is 2.23. The average molecular weight is 194 g/mol. The quantitative estimate of drug-likeness (QED) is 0.724. The summed E-state index contributed by atoms with van der Waals surface area (Å²) in [5.41, 5.74) is 0. The second-order valence-electron chi connectivity index (χ2n) is 4.24. The summed E-state index contributed by atoms with van der Waals surface area (Å²) in [5, 5.41) is 11.8. The summed E-state index contributed by atoms with van der Waals surface area (Å²) < 4.78 is 2.11. The van der Waals surface area contributed by atoms with Crippen molar-refractivity contribution in [1.29, 1.82) is 0 Å². The Balaban J connectivity index is 2.18. The van der Waals surface area contributed by atoms with Crippen molar-refractivity contribution >= 4 is 0 Å². The van der Waals surface area contributed by atoms with Crippen molar-refractivity contribution in [1.82, 2.24) is 20.1 Å². The van der Waals surface area contributed by atoms with E-state index in [0.29, 0.717) is 12.0 Å². The normalized spacial score (nSPS) is 27.9. The van der Waals surface area contributed by atoms with Gasteiger partial charge < -0.3 is 9.88 Å². The third-order valence-electron chi connectivity index (χ3n) is 3.12. The molecule has 1 aliphatic rings. The molecule has 4 nitrogen and oxygen atoms in total. The zero-order valence-corrected chi connectivity index (χ0v) is 9.12. The minimum atomic E-state index is 0.581. The second-order valence-corrected chi connectivity index (χ2v) is 4.24. The Morgan fingerprint density at radius 2 is 2.21 bits per heavy atom. The predicted molar refractivity (Wildman–Crippen MR) is 55.2 cm³/mol. The lowest BCUT2D eigenvalue weighted by atomic mass is 9.92. The largest absolute Gasteiger partial charge is 0.318 e. The Labute approximate surface area is 84.7 Å². The van der Waals surface area contributed by atoms with Crippen LogP contribution in [0.15, 0.2) is 0 Å². The van der Waals surface area contributed by atoms with Crippen molar-refractivity contribution in [3.8, 4) is 0 Å². The number of rotatable bonds is 1. The van der Waals surface area contributed by atoms with Crippen molar-refractivity contribution in [2.75, 3.05) is 6.54 Å². The first kappa shape index (κ1) is 9.65. The van der Waals surface area contributed by atoms with Crippen LogP contribution >= 0.6 is 0 Å². The highest BCUT2D eigenvalue weighted by atomic mass is 15.3. The molecule has 1 saturated heterocycles. The fourth-order valence-electron chi connectivity index (χ4n) is 2.15. The van der Waals surface area contributed by atoms with E-state index in [1.165, 1.54) is 12.8 Å². The van der Waals surface area contributed by atoms with Crippen molar-refractivity contribution < 1.29 is 0 Å². The molecule has 0 saturated carbocycles. The molecule has 2 heterocycles. The van der Waals surface area contributed by atoms with E-state index in [-0.39, 0.29) is 0 Å². The predicted octanol–water partition coefficient (Wildman–Crippen LogP) is 0.979. The van der Waals surface area contributed by atoms with Gasteiger partial charge in [0.25, 0.3) is 0 Å². The van der Waals surface area contributed by atoms with Crippen LogP contribution in [0.5, 0.6) is 0 Å². The topological polar surface area (TPSA) is 42.7 Å². The van der Waals surface area contributed by atoms with Gasteiger partial charge in [-0.2, -0.15) is 0 Å². The number of aromatic nitrogens is 3. The maximum Gasteiger partial charge on any atom is 0.135 e. The van der Waals surface area contributed by atoms with Gasteiger partial charge in [-0.15, -0.1) is 10.2 Å². The molecule has 1 aromatic heterocycles. The standard InChI is InChI=1S/C10H18N4/c1-7-6-9(4-5-11-7)10-13-12-8(2)14(10)3/h7,9,11H,4-6H2,1-3H3. The Morgan fingerprint density at radius 1 is 1.43 bits per heavy atom. The lowest BCUT2D eigenvalue weighted by Gasteiger charge is -2.27. The van der Waals surface area contributed by atoms with Gasteiger partial charge in [-0.1, -0.05) is 0 Å². The summed E-state index contributed by atoms with van der Waals surface area (Å²) in [7, 11) is 2.05. The van der Waals surface area contributed by atoms with Crippen LogP contribution in [-0.4, -0.2) is 27.4 Å². The van der Waals surface area contributed by atoms with E-state index in [9.17, 15) is 0 Å². The van der Waals surface area contributed by atoms with Crippen molar-refractivity contribution in [3.63, 3.8) is 0 Å². The van der Waals surface area contributed by atoms with E-state index in [4.69, 9.17) is 0 Å². The van der Waals surface area contributed by atoms with Gasteiger partial charge in [0, 0.05) is 19.0 Å². The first-order valence-corrected chi connectivity index (χ1v) is 5.27. The van der Waals surface area contributed by atoms with Crippen molar-refractivity contribution in [2.45, 2.75) is 38.6 Å². The molecule has 0 spiro atoms.